The molecule has 0 saturated heterocycles. The number of nitrogens with zero attached hydrogens (tertiary/aromatic N) is 1. The first-order valence-corrected chi connectivity index (χ1v) is 7.34. The Morgan fingerprint density at radius 2 is 2.10 bits per heavy atom. The predicted octanol–water partition coefficient (Wildman–Crippen LogP) is 2.71. The third-order valence-electron chi connectivity index (χ3n) is 3.43. The van der Waals surface area contributed by atoms with Crippen molar-refractivity contribution in [1.29, 1.82) is 0 Å². The van der Waals surface area contributed by atoms with Gasteiger partial charge in [0.2, 0.25) is 0 Å². The van der Waals surface area contributed by atoms with Crippen molar-refractivity contribution in [2.75, 3.05) is 6.54 Å². The van der Waals surface area contributed by atoms with Gasteiger partial charge in [0, 0.05) is 19.1 Å². The van der Waals surface area contributed by atoms with E-state index in [9.17, 15) is 9.59 Å². The van der Waals surface area contributed by atoms with E-state index in [0.717, 1.165) is 24.9 Å². The van der Waals surface area contributed by atoms with Crippen LogP contribution in [0.1, 0.15) is 42.6 Å². The molecular weight excluding hydrogens is 268 g/mol. The summed E-state index contributed by atoms with van der Waals surface area (Å²) in [5, 5.41) is 11.8. The molecule has 114 valence electrons. The van der Waals surface area contributed by atoms with Crippen LogP contribution in [0.25, 0.3) is 0 Å². The highest BCUT2D eigenvalue weighted by molar-refractivity contribution is 5.87. The summed E-state index contributed by atoms with van der Waals surface area (Å²) in [6.45, 7) is 5.30. The lowest BCUT2D eigenvalue weighted by Crippen LogP contribution is -2.42. The van der Waals surface area contributed by atoms with Crippen LogP contribution in [0.5, 0.6) is 0 Å². The van der Waals surface area contributed by atoms with E-state index < -0.39 is 5.97 Å². The highest BCUT2D eigenvalue weighted by Crippen LogP contribution is 2.27. The summed E-state index contributed by atoms with van der Waals surface area (Å²) in [7, 11) is 0. The van der Waals surface area contributed by atoms with Crippen LogP contribution in [0, 0.1) is 5.92 Å². The van der Waals surface area contributed by atoms with Gasteiger partial charge in [-0.3, -0.25) is 0 Å². The first kappa shape index (κ1) is 15.4. The summed E-state index contributed by atoms with van der Waals surface area (Å²) in [6.07, 6.45) is 2.16. The number of benzene rings is 1. The molecule has 21 heavy (non-hydrogen) atoms. The van der Waals surface area contributed by atoms with E-state index >= 15 is 0 Å². The van der Waals surface area contributed by atoms with Crippen LogP contribution in [0.3, 0.4) is 0 Å². The third-order valence-corrected chi connectivity index (χ3v) is 3.43. The van der Waals surface area contributed by atoms with Crippen LogP contribution in [-0.2, 0) is 6.54 Å². The van der Waals surface area contributed by atoms with Gasteiger partial charge in [0.05, 0.1) is 5.56 Å². The zero-order valence-electron chi connectivity index (χ0n) is 12.5. The quantitative estimate of drug-likeness (QED) is 0.846. The largest absolute Gasteiger partial charge is 0.478 e. The van der Waals surface area contributed by atoms with Crippen molar-refractivity contribution in [1.82, 2.24) is 10.2 Å². The standard InChI is InChI=1S/C16H22N2O3/c1-11(2)10-18(14-6-7-14)16(21)17-9-12-4-3-5-13(8-12)15(19)20/h3-5,8,11,14H,6-7,9-10H2,1-2H3,(H,17,21)(H,19,20). The number of carbonyl (C=O) groups is 2. The van der Waals surface area contributed by atoms with Crippen molar-refractivity contribution in [3.8, 4) is 0 Å². The normalized spacial score (nSPS) is 14.0. The van der Waals surface area contributed by atoms with Gasteiger partial charge in [-0.25, -0.2) is 9.59 Å². The summed E-state index contributed by atoms with van der Waals surface area (Å²) in [5.74, 6) is -0.519. The lowest BCUT2D eigenvalue weighted by Gasteiger charge is -2.24. The van der Waals surface area contributed by atoms with E-state index in [1.54, 1.807) is 18.2 Å². The van der Waals surface area contributed by atoms with Gasteiger partial charge < -0.3 is 15.3 Å². The fourth-order valence-electron chi connectivity index (χ4n) is 2.27. The van der Waals surface area contributed by atoms with Crippen molar-refractivity contribution < 1.29 is 14.7 Å². The van der Waals surface area contributed by atoms with Crippen molar-refractivity contribution in [3.05, 3.63) is 35.4 Å². The second-order valence-electron chi connectivity index (χ2n) is 5.94. The molecule has 2 N–H and O–H groups in total. The molecule has 2 rings (SSSR count). The average Bonchev–Trinajstić information content (AvgIpc) is 3.26. The van der Waals surface area contributed by atoms with Crippen LogP contribution >= 0.6 is 0 Å². The van der Waals surface area contributed by atoms with Gasteiger partial charge in [0.1, 0.15) is 0 Å². The van der Waals surface area contributed by atoms with Crippen LogP contribution < -0.4 is 5.32 Å². The molecule has 5 nitrogen and oxygen atoms in total. The fraction of sp³-hybridized carbons (Fsp3) is 0.500. The molecule has 1 aromatic rings. The fourth-order valence-corrected chi connectivity index (χ4v) is 2.27. The minimum atomic E-state index is -0.956. The maximum Gasteiger partial charge on any atom is 0.335 e. The molecule has 0 radical (unpaired) electrons. The molecule has 1 fully saturated rings. The van der Waals surface area contributed by atoms with E-state index in [4.69, 9.17) is 5.11 Å². The molecule has 0 heterocycles. The molecule has 1 aliphatic rings. The Hall–Kier alpha value is -2.04. The Labute approximate surface area is 125 Å². The molecule has 0 spiro atoms. The number of hydrogen-bond acceptors (Lipinski definition) is 2. The smallest absolute Gasteiger partial charge is 0.335 e. The molecule has 1 saturated carbocycles. The summed E-state index contributed by atoms with van der Waals surface area (Å²) >= 11 is 0. The van der Waals surface area contributed by atoms with Crippen molar-refractivity contribution in [3.63, 3.8) is 0 Å². The van der Waals surface area contributed by atoms with E-state index in [1.807, 2.05) is 11.0 Å². The Balaban J connectivity index is 1.93. The molecule has 0 aliphatic heterocycles. The molecule has 0 bridgehead atoms. The number of carboxylic acids is 1. The molecule has 0 aromatic heterocycles. The van der Waals surface area contributed by atoms with Gasteiger partial charge in [0.15, 0.2) is 0 Å². The van der Waals surface area contributed by atoms with Gasteiger partial charge in [-0.1, -0.05) is 26.0 Å². The first-order chi connectivity index (χ1) is 9.97. The topological polar surface area (TPSA) is 69.6 Å². The lowest BCUT2D eigenvalue weighted by atomic mass is 10.1. The van der Waals surface area contributed by atoms with E-state index in [0.29, 0.717) is 18.5 Å². The van der Waals surface area contributed by atoms with Crippen molar-refractivity contribution in [2.24, 2.45) is 5.92 Å². The van der Waals surface area contributed by atoms with E-state index in [1.165, 1.54) is 0 Å². The number of nitrogens with one attached hydrogen (secondary N) is 1. The van der Waals surface area contributed by atoms with Gasteiger partial charge in [-0.05, 0) is 36.5 Å². The van der Waals surface area contributed by atoms with Crippen LogP contribution in [-0.4, -0.2) is 34.6 Å². The summed E-state index contributed by atoms with van der Waals surface area (Å²) in [5.41, 5.74) is 1.03. The van der Waals surface area contributed by atoms with Gasteiger partial charge >= 0.3 is 12.0 Å². The van der Waals surface area contributed by atoms with E-state index in [2.05, 4.69) is 19.2 Å². The molecule has 0 atom stereocenters. The molecule has 0 unspecified atom stereocenters. The number of carbonyl (C=O) groups excluding carboxylic acids is 1. The summed E-state index contributed by atoms with van der Waals surface area (Å²) in [4.78, 5) is 25.1. The number of aromatic carboxylic acids is 1. The SMILES string of the molecule is CC(C)CN(C(=O)NCc1cccc(C(=O)O)c1)C1CC1. The molecule has 1 aliphatic carbocycles. The zero-order chi connectivity index (χ0) is 15.4. The van der Waals surface area contributed by atoms with Crippen molar-refractivity contribution >= 4 is 12.0 Å². The molecule has 5 heteroatoms. The predicted molar refractivity (Wildman–Crippen MR) is 80.2 cm³/mol. The lowest BCUT2D eigenvalue weighted by molar-refractivity contribution is 0.0696. The number of hydrogen-bond donors (Lipinski definition) is 2. The minimum Gasteiger partial charge on any atom is -0.478 e. The minimum absolute atomic E-state index is 0.0630. The average molecular weight is 290 g/mol. The van der Waals surface area contributed by atoms with Crippen LogP contribution in [0.4, 0.5) is 4.79 Å². The highest BCUT2D eigenvalue weighted by atomic mass is 16.4. The Bertz CT molecular complexity index is 524. The number of rotatable bonds is 6. The van der Waals surface area contributed by atoms with Crippen LogP contribution in [0.2, 0.25) is 0 Å². The number of amides is 2. The Morgan fingerprint density at radius 1 is 1.38 bits per heavy atom. The molecule has 2 amide bonds. The van der Waals surface area contributed by atoms with Crippen LogP contribution in [0.15, 0.2) is 24.3 Å². The molecular formula is C16H22N2O3. The summed E-state index contributed by atoms with van der Waals surface area (Å²) < 4.78 is 0. The second-order valence-corrected chi connectivity index (χ2v) is 5.94. The molecule has 1 aromatic carbocycles. The Morgan fingerprint density at radius 3 is 2.67 bits per heavy atom. The second kappa shape index (κ2) is 6.61. The monoisotopic (exact) mass is 290 g/mol. The summed E-state index contributed by atoms with van der Waals surface area (Å²) in [6, 6.07) is 6.95. The van der Waals surface area contributed by atoms with Gasteiger partial charge in [-0.2, -0.15) is 0 Å². The highest BCUT2D eigenvalue weighted by Gasteiger charge is 2.32. The first-order valence-electron chi connectivity index (χ1n) is 7.34. The third kappa shape index (κ3) is 4.48. The zero-order valence-corrected chi connectivity index (χ0v) is 12.5. The maximum atomic E-state index is 12.3. The van der Waals surface area contributed by atoms with E-state index in [-0.39, 0.29) is 11.6 Å². The Kier molecular flexibility index (Phi) is 4.83. The van der Waals surface area contributed by atoms with Gasteiger partial charge in [-0.15, -0.1) is 0 Å². The number of carboxylic acid groups (broad SMARTS) is 1. The maximum absolute atomic E-state index is 12.3. The number of urea groups is 1. The van der Waals surface area contributed by atoms with Crippen molar-refractivity contribution in [2.45, 2.75) is 39.3 Å². The van der Waals surface area contributed by atoms with Gasteiger partial charge in [0.25, 0.3) is 0 Å².